The van der Waals surface area contributed by atoms with Gasteiger partial charge in [-0.05, 0) is 80.1 Å². The number of fused-ring (bicyclic) bond motifs is 1. The Bertz CT molecular complexity index is 985. The van der Waals surface area contributed by atoms with Crippen LogP contribution < -0.4 is 10.6 Å². The molecule has 0 aliphatic carbocycles. The molecule has 3 heterocycles. The fourth-order valence-corrected chi connectivity index (χ4v) is 5.24. The van der Waals surface area contributed by atoms with Crippen molar-refractivity contribution in [2.24, 2.45) is 11.7 Å². The number of amides is 2. The van der Waals surface area contributed by atoms with Gasteiger partial charge in [-0.25, -0.2) is 4.98 Å². The van der Waals surface area contributed by atoms with Gasteiger partial charge in [-0.15, -0.1) is 0 Å². The number of pyridine rings is 1. The molecule has 1 saturated heterocycles. The highest BCUT2D eigenvalue weighted by atomic mass is 79.9. The number of hydrogen-bond donors (Lipinski definition) is 1. The lowest BCUT2D eigenvalue weighted by Gasteiger charge is -2.34. The van der Waals surface area contributed by atoms with Crippen LogP contribution in [0.1, 0.15) is 72.4 Å². The van der Waals surface area contributed by atoms with Crippen LogP contribution in [0.25, 0.3) is 0 Å². The molecule has 0 bridgehead atoms. The van der Waals surface area contributed by atoms with Crippen molar-refractivity contribution in [3.8, 4) is 0 Å². The number of carbonyl (C=O) groups is 2. The molecule has 1 unspecified atom stereocenters. The van der Waals surface area contributed by atoms with Gasteiger partial charge in [-0.2, -0.15) is 0 Å². The minimum Gasteiger partial charge on any atom is -0.351 e. The van der Waals surface area contributed by atoms with E-state index in [1.165, 1.54) is 4.90 Å². The molecule has 0 saturated carbocycles. The Morgan fingerprint density at radius 1 is 1.16 bits per heavy atom. The predicted molar refractivity (Wildman–Crippen MR) is 125 cm³/mol. The number of carbonyl (C=O) groups excluding carboxylic acids is 2. The third kappa shape index (κ3) is 4.13. The Labute approximate surface area is 191 Å². The number of halogens is 1. The molecule has 164 valence electrons. The smallest absolute Gasteiger partial charge is 0.261 e. The van der Waals surface area contributed by atoms with Crippen molar-refractivity contribution < 1.29 is 9.59 Å². The Kier molecular flexibility index (Phi) is 5.92. The molecule has 2 aromatic rings. The standard InChI is InChI=1S/C24H29BrN4O2/c1-15(26)17-10-11-20(25)27-21(17)29-14-16(13-24(29,2)3)7-6-12-28-22(30)18-8-4-5-9-19(18)23(28)31/h4-5,8-11,15-16H,6-7,12-14,26H2,1-3H3/t15?,16-/m0/s1. The fourth-order valence-electron chi connectivity index (χ4n) is 4.94. The highest BCUT2D eigenvalue weighted by molar-refractivity contribution is 9.10. The molecule has 1 fully saturated rings. The van der Waals surface area contributed by atoms with E-state index < -0.39 is 0 Å². The van der Waals surface area contributed by atoms with Crippen LogP contribution in [0.5, 0.6) is 0 Å². The number of anilines is 1. The van der Waals surface area contributed by atoms with Gasteiger partial charge in [0.1, 0.15) is 10.4 Å². The van der Waals surface area contributed by atoms with Crippen molar-refractivity contribution >= 4 is 33.6 Å². The molecule has 2 aliphatic rings. The molecule has 4 rings (SSSR count). The molecule has 1 aromatic heterocycles. The van der Waals surface area contributed by atoms with Gasteiger partial charge in [0.15, 0.2) is 0 Å². The molecule has 2 aliphatic heterocycles. The summed E-state index contributed by atoms with van der Waals surface area (Å²) in [6.45, 7) is 7.81. The second kappa shape index (κ2) is 8.36. The van der Waals surface area contributed by atoms with Crippen molar-refractivity contribution in [1.29, 1.82) is 0 Å². The highest BCUT2D eigenvalue weighted by Crippen LogP contribution is 2.40. The lowest BCUT2D eigenvalue weighted by molar-refractivity contribution is 0.0650. The normalized spacial score (nSPS) is 21.0. The van der Waals surface area contributed by atoms with Crippen LogP contribution in [-0.2, 0) is 0 Å². The van der Waals surface area contributed by atoms with Crippen LogP contribution in [-0.4, -0.2) is 40.3 Å². The third-order valence-corrected chi connectivity index (χ3v) is 6.89. The molecule has 0 radical (unpaired) electrons. The molecule has 1 aromatic carbocycles. The van der Waals surface area contributed by atoms with Gasteiger partial charge >= 0.3 is 0 Å². The average molecular weight is 485 g/mol. The molecule has 0 spiro atoms. The second-order valence-corrected chi connectivity index (χ2v) is 10.1. The van der Waals surface area contributed by atoms with Gasteiger partial charge in [-0.3, -0.25) is 14.5 Å². The van der Waals surface area contributed by atoms with E-state index in [0.717, 1.165) is 41.8 Å². The number of benzene rings is 1. The predicted octanol–water partition coefficient (Wildman–Crippen LogP) is 4.55. The van der Waals surface area contributed by atoms with Gasteiger partial charge in [0.25, 0.3) is 11.8 Å². The summed E-state index contributed by atoms with van der Waals surface area (Å²) in [6, 6.07) is 10.9. The first-order valence-electron chi connectivity index (χ1n) is 10.8. The summed E-state index contributed by atoms with van der Waals surface area (Å²) in [5.74, 6) is 1.06. The summed E-state index contributed by atoms with van der Waals surface area (Å²) in [7, 11) is 0. The molecular formula is C24H29BrN4O2. The van der Waals surface area contributed by atoms with E-state index in [9.17, 15) is 9.59 Å². The van der Waals surface area contributed by atoms with Crippen LogP contribution in [0.3, 0.4) is 0 Å². The maximum Gasteiger partial charge on any atom is 0.261 e. The van der Waals surface area contributed by atoms with Crippen molar-refractivity contribution in [3.05, 3.63) is 57.7 Å². The van der Waals surface area contributed by atoms with Crippen LogP contribution >= 0.6 is 15.9 Å². The topological polar surface area (TPSA) is 79.5 Å². The summed E-state index contributed by atoms with van der Waals surface area (Å²) in [5, 5.41) is 0. The van der Waals surface area contributed by atoms with Crippen LogP contribution in [0, 0.1) is 5.92 Å². The summed E-state index contributed by atoms with van der Waals surface area (Å²) in [6.07, 6.45) is 2.78. The van der Waals surface area contributed by atoms with E-state index in [0.29, 0.717) is 23.6 Å². The van der Waals surface area contributed by atoms with E-state index in [1.807, 2.05) is 19.1 Å². The van der Waals surface area contributed by atoms with Crippen molar-refractivity contribution in [2.45, 2.75) is 51.6 Å². The molecule has 6 nitrogen and oxygen atoms in total. The molecule has 31 heavy (non-hydrogen) atoms. The van der Waals surface area contributed by atoms with Gasteiger partial charge in [0, 0.05) is 30.2 Å². The van der Waals surface area contributed by atoms with E-state index >= 15 is 0 Å². The summed E-state index contributed by atoms with van der Waals surface area (Å²) in [5.41, 5.74) is 8.25. The third-order valence-electron chi connectivity index (χ3n) is 6.45. The number of rotatable bonds is 6. The Balaban J connectivity index is 1.42. The lowest BCUT2D eigenvalue weighted by atomic mass is 9.93. The largest absolute Gasteiger partial charge is 0.351 e. The van der Waals surface area contributed by atoms with Crippen LogP contribution in [0.2, 0.25) is 0 Å². The molecule has 7 heteroatoms. The molecule has 2 atom stereocenters. The van der Waals surface area contributed by atoms with E-state index in [2.05, 4.69) is 34.7 Å². The number of nitrogens with zero attached hydrogens (tertiary/aromatic N) is 3. The maximum atomic E-state index is 12.6. The lowest BCUT2D eigenvalue weighted by Crippen LogP contribution is -2.39. The van der Waals surface area contributed by atoms with E-state index in [4.69, 9.17) is 10.7 Å². The van der Waals surface area contributed by atoms with E-state index in [-0.39, 0.29) is 23.4 Å². The first-order valence-corrected chi connectivity index (χ1v) is 11.6. The summed E-state index contributed by atoms with van der Waals surface area (Å²) < 4.78 is 0.803. The zero-order valence-corrected chi connectivity index (χ0v) is 19.9. The Morgan fingerprint density at radius 3 is 2.42 bits per heavy atom. The fraction of sp³-hybridized carbons (Fsp3) is 0.458. The number of aromatic nitrogens is 1. The molecule has 2 N–H and O–H groups in total. The quantitative estimate of drug-likeness (QED) is 0.480. The Morgan fingerprint density at radius 2 is 1.81 bits per heavy atom. The van der Waals surface area contributed by atoms with Crippen molar-refractivity contribution in [2.75, 3.05) is 18.0 Å². The molecular weight excluding hydrogens is 456 g/mol. The van der Waals surface area contributed by atoms with Gasteiger partial charge in [-0.1, -0.05) is 18.2 Å². The first kappa shape index (κ1) is 22.0. The maximum absolute atomic E-state index is 12.6. The average Bonchev–Trinajstić information content (AvgIpc) is 3.15. The number of nitrogens with two attached hydrogens (primary N) is 1. The van der Waals surface area contributed by atoms with Gasteiger partial charge in [0.2, 0.25) is 0 Å². The number of imide groups is 1. The summed E-state index contributed by atoms with van der Waals surface area (Å²) >= 11 is 3.50. The first-order chi connectivity index (χ1) is 14.7. The van der Waals surface area contributed by atoms with E-state index in [1.54, 1.807) is 24.3 Å². The van der Waals surface area contributed by atoms with Crippen LogP contribution in [0.4, 0.5) is 5.82 Å². The summed E-state index contributed by atoms with van der Waals surface area (Å²) in [4.78, 5) is 33.7. The Hall–Kier alpha value is -2.25. The van der Waals surface area contributed by atoms with Crippen molar-refractivity contribution in [3.63, 3.8) is 0 Å². The second-order valence-electron chi connectivity index (χ2n) is 9.28. The van der Waals surface area contributed by atoms with Gasteiger partial charge < -0.3 is 10.6 Å². The number of hydrogen-bond acceptors (Lipinski definition) is 5. The SMILES string of the molecule is CC(N)c1ccc(Br)nc1N1C[C@@H](CCCN2C(=O)c3ccccc3C2=O)CC1(C)C. The highest BCUT2D eigenvalue weighted by Gasteiger charge is 2.40. The zero-order chi connectivity index (χ0) is 22.3. The monoisotopic (exact) mass is 484 g/mol. The van der Waals surface area contributed by atoms with Gasteiger partial charge in [0.05, 0.1) is 11.1 Å². The minimum absolute atomic E-state index is 0.0440. The molecule has 2 amide bonds. The van der Waals surface area contributed by atoms with Crippen molar-refractivity contribution in [1.82, 2.24) is 9.88 Å². The minimum atomic E-state index is -0.172. The van der Waals surface area contributed by atoms with Crippen LogP contribution in [0.15, 0.2) is 41.0 Å². The zero-order valence-electron chi connectivity index (χ0n) is 18.3.